The largest absolute Gasteiger partial charge is 0.314 e. The van der Waals surface area contributed by atoms with E-state index in [9.17, 15) is 0 Å². The highest BCUT2D eigenvalue weighted by Crippen LogP contribution is 2.51. The van der Waals surface area contributed by atoms with Gasteiger partial charge >= 0.3 is 6.17 Å². The second-order valence-electron chi connectivity index (χ2n) is 2.67. The van der Waals surface area contributed by atoms with E-state index in [2.05, 4.69) is 10.0 Å². The summed E-state index contributed by atoms with van der Waals surface area (Å²) in [6.45, 7) is 1.35. The van der Waals surface area contributed by atoms with Gasteiger partial charge in [-0.05, 0) is 16.4 Å². The topological polar surface area (TPSA) is 8.91 Å². The van der Waals surface area contributed by atoms with Gasteiger partial charge in [0.2, 0.25) is 6.04 Å². The SMILES string of the molecule is C1CC2C3[N@](C1)[N+]23. The Labute approximate surface area is 42.7 Å². The summed E-state index contributed by atoms with van der Waals surface area (Å²) in [6.07, 6.45) is 3.87. The van der Waals surface area contributed by atoms with Crippen LogP contribution >= 0.6 is 0 Å². The van der Waals surface area contributed by atoms with E-state index in [-0.39, 0.29) is 0 Å². The molecule has 0 aromatic carbocycles. The first-order chi connectivity index (χ1) is 3.48. The zero-order chi connectivity index (χ0) is 4.43. The van der Waals surface area contributed by atoms with Crippen LogP contribution in [0.15, 0.2) is 0 Å². The van der Waals surface area contributed by atoms with E-state index in [4.69, 9.17) is 0 Å². The highest BCUT2D eigenvalue weighted by molar-refractivity contribution is 5.20. The van der Waals surface area contributed by atoms with E-state index in [0.717, 1.165) is 12.2 Å². The molecule has 0 aliphatic carbocycles. The summed E-state index contributed by atoms with van der Waals surface area (Å²) in [7, 11) is 0. The minimum absolute atomic E-state index is 0.953. The van der Waals surface area contributed by atoms with Crippen LogP contribution in [0.3, 0.4) is 0 Å². The van der Waals surface area contributed by atoms with E-state index < -0.39 is 0 Å². The zero-order valence-electron chi connectivity index (χ0n) is 4.17. The van der Waals surface area contributed by atoms with Crippen molar-refractivity contribution < 1.29 is 0 Å². The highest BCUT2D eigenvalue weighted by Gasteiger charge is 2.88. The van der Waals surface area contributed by atoms with Gasteiger partial charge in [0.1, 0.15) is 0 Å². The van der Waals surface area contributed by atoms with Gasteiger partial charge in [-0.1, -0.05) is 0 Å². The van der Waals surface area contributed by atoms with Gasteiger partial charge in [0.25, 0.3) is 0 Å². The van der Waals surface area contributed by atoms with Crippen molar-refractivity contribution >= 4 is 0 Å². The molecule has 3 unspecified atom stereocenters. The number of hydrogen-bond donors (Lipinski definition) is 0. The van der Waals surface area contributed by atoms with Crippen LogP contribution in [-0.4, -0.2) is 23.8 Å². The van der Waals surface area contributed by atoms with Crippen LogP contribution in [0.4, 0.5) is 0 Å². The van der Waals surface area contributed by atoms with Crippen LogP contribution < -0.4 is 5.01 Å². The minimum Gasteiger partial charge on any atom is -0.0334 e. The molecule has 0 amide bonds. The van der Waals surface area contributed by atoms with Gasteiger partial charge in [-0.25, -0.2) is 0 Å². The highest BCUT2D eigenvalue weighted by atomic mass is 16.0. The van der Waals surface area contributed by atoms with Crippen molar-refractivity contribution in [1.82, 2.24) is 10.0 Å². The number of hydrogen-bond acceptors (Lipinski definition) is 2. The normalized spacial score (nSPS) is 72.0. The molecule has 7 heavy (non-hydrogen) atoms. The molecule has 37 valence electrons. The average Bonchev–Trinajstić information content (AvgIpc) is 2.53. The Morgan fingerprint density at radius 1 is 1.57 bits per heavy atom. The summed E-state index contributed by atoms with van der Waals surface area (Å²) in [5.74, 6) is 0. The number of rotatable bonds is 0. The van der Waals surface area contributed by atoms with E-state index in [1.807, 2.05) is 0 Å². The molecule has 4 fully saturated rings. The summed E-state index contributed by atoms with van der Waals surface area (Å²) in [5.41, 5.74) is 0. The second kappa shape index (κ2) is 0.644. The lowest BCUT2D eigenvalue weighted by atomic mass is 10.1. The maximum absolute atomic E-state index is 2.48. The molecule has 0 aromatic heterocycles. The Kier molecular flexibility index (Phi) is 0.280. The molecule has 4 aliphatic heterocycles. The quantitative estimate of drug-likeness (QED) is 0.301. The van der Waals surface area contributed by atoms with Crippen LogP contribution in [0.2, 0.25) is 0 Å². The second-order valence-corrected chi connectivity index (χ2v) is 2.67. The lowest BCUT2D eigenvalue weighted by Gasteiger charge is -2.06. The van der Waals surface area contributed by atoms with Gasteiger partial charge in [-0.2, -0.15) is 0 Å². The fourth-order valence-corrected chi connectivity index (χ4v) is 1.80. The molecule has 4 saturated heterocycles. The van der Waals surface area contributed by atoms with E-state index >= 15 is 0 Å². The first-order valence-corrected chi connectivity index (χ1v) is 3.03. The molecule has 2 nitrogen and oxygen atoms in total. The summed E-state index contributed by atoms with van der Waals surface area (Å²) in [4.78, 5) is 0. The van der Waals surface area contributed by atoms with Crippen LogP contribution in [0, 0.1) is 0 Å². The summed E-state index contributed by atoms with van der Waals surface area (Å²) in [6, 6.07) is 1.02. The van der Waals surface area contributed by atoms with Gasteiger partial charge in [0.05, 0.1) is 6.54 Å². The number of piperidine rings is 1. The molecule has 0 aromatic rings. The Bertz CT molecular complexity index is 89.2. The Balaban J connectivity index is 1.95. The van der Waals surface area contributed by atoms with Gasteiger partial charge in [-0.15, -0.1) is 0 Å². The monoisotopic (exact) mass is 96.1 g/mol. The number of fused-ring (bicyclic) bond motifs is 2. The van der Waals surface area contributed by atoms with Crippen molar-refractivity contribution in [2.75, 3.05) is 6.54 Å². The molecule has 1 radical (unpaired) electrons. The van der Waals surface area contributed by atoms with Crippen molar-refractivity contribution in [1.29, 1.82) is 0 Å². The Morgan fingerprint density at radius 3 is 2.71 bits per heavy atom. The zero-order valence-corrected chi connectivity index (χ0v) is 4.17. The van der Waals surface area contributed by atoms with E-state index in [1.165, 1.54) is 19.4 Å². The predicted octanol–water partition coefficient (Wildman–Crippen LogP) is -0.141. The third kappa shape index (κ3) is 0.189. The summed E-state index contributed by atoms with van der Waals surface area (Å²) < 4.78 is 0. The molecule has 2 heteroatoms. The van der Waals surface area contributed by atoms with Crippen molar-refractivity contribution in [3.63, 3.8) is 0 Å². The maximum Gasteiger partial charge on any atom is 0.314 e. The van der Waals surface area contributed by atoms with Gasteiger partial charge < -0.3 is 0 Å². The fourth-order valence-electron chi connectivity index (χ4n) is 1.80. The molecular weight excluding hydrogens is 88.1 g/mol. The smallest absolute Gasteiger partial charge is 0.0334 e. The lowest BCUT2D eigenvalue weighted by molar-refractivity contribution is 0.236. The van der Waals surface area contributed by atoms with E-state index in [1.54, 1.807) is 0 Å². The van der Waals surface area contributed by atoms with Crippen molar-refractivity contribution in [2.45, 2.75) is 25.0 Å². The van der Waals surface area contributed by atoms with Crippen molar-refractivity contribution in [3.8, 4) is 0 Å². The number of hydrazine groups is 1. The molecule has 4 aliphatic rings. The number of nitrogens with zero attached hydrogens (tertiary/aromatic N) is 2. The summed E-state index contributed by atoms with van der Waals surface area (Å²) in [5, 5.41) is 4.93. The molecule has 4 heterocycles. The lowest BCUT2D eigenvalue weighted by Crippen LogP contribution is -2.31. The summed E-state index contributed by atoms with van der Waals surface area (Å²) >= 11 is 0. The first kappa shape index (κ1) is 3.05. The average molecular weight is 96.1 g/mol. The van der Waals surface area contributed by atoms with Gasteiger partial charge in [0.15, 0.2) is 0 Å². The third-order valence-electron chi connectivity index (χ3n) is 2.30. The molecule has 0 spiro atoms. The Hall–Kier alpha value is -0.0800. The third-order valence-corrected chi connectivity index (χ3v) is 2.30. The molecule has 4 rings (SSSR count). The van der Waals surface area contributed by atoms with Crippen LogP contribution in [0.25, 0.3) is 0 Å². The molecule has 2 bridgehead atoms. The van der Waals surface area contributed by atoms with Crippen LogP contribution in [-0.2, 0) is 0 Å². The molecular formula is C5H8N2+. The van der Waals surface area contributed by atoms with Gasteiger partial charge in [0, 0.05) is 6.42 Å². The first-order valence-electron chi connectivity index (χ1n) is 3.03. The van der Waals surface area contributed by atoms with Crippen molar-refractivity contribution in [3.05, 3.63) is 0 Å². The van der Waals surface area contributed by atoms with Gasteiger partial charge in [-0.3, -0.25) is 0 Å². The van der Waals surface area contributed by atoms with Crippen LogP contribution in [0.5, 0.6) is 0 Å². The molecule has 4 atom stereocenters. The fraction of sp³-hybridized carbons (Fsp3) is 1.00. The van der Waals surface area contributed by atoms with Crippen molar-refractivity contribution in [2.24, 2.45) is 0 Å². The minimum atomic E-state index is 0.953. The predicted molar refractivity (Wildman–Crippen MR) is 25.6 cm³/mol. The van der Waals surface area contributed by atoms with E-state index in [0.29, 0.717) is 0 Å². The Morgan fingerprint density at radius 2 is 2.43 bits per heavy atom. The molecule has 0 saturated carbocycles. The maximum atomic E-state index is 2.48. The van der Waals surface area contributed by atoms with Crippen LogP contribution in [0.1, 0.15) is 12.8 Å². The molecule has 0 N–H and O–H groups in total. The standard InChI is InChI=1S/C5H8N2/c1-2-4-5-6(3-1)7(4)5/h4-5H,1-3H2/q+1/t4?,5?,6-/m0/s1.